The third-order valence-electron chi connectivity index (χ3n) is 14.6. The second-order valence-corrected chi connectivity index (χ2v) is 23.7. The van der Waals surface area contributed by atoms with Gasteiger partial charge >= 0.3 is 366 Å². The first kappa shape index (κ1) is 47.5. The molecule has 0 bridgehead atoms. The monoisotopic (exact) mass is 1140 g/mol. The average molecular weight is 1140 g/mol. The summed E-state index contributed by atoms with van der Waals surface area (Å²) in [5.74, 6) is 1.80. The van der Waals surface area contributed by atoms with E-state index in [0.717, 1.165) is 54.3 Å². The van der Waals surface area contributed by atoms with Crippen LogP contribution in [0.5, 0.6) is 11.6 Å². The molecule has 368 valence electrons. The van der Waals surface area contributed by atoms with E-state index in [1.54, 1.807) is 0 Å². The molecular weight excluding hydrogens is 1080 g/mol. The zero-order valence-corrected chi connectivity index (χ0v) is 45.7. The molecular formula is C66H58BN5OPt-2. The van der Waals surface area contributed by atoms with Crippen LogP contribution in [0.3, 0.4) is 0 Å². The van der Waals surface area contributed by atoms with E-state index in [-0.39, 0.29) is 23.2 Å². The first-order valence-electron chi connectivity index (χ1n) is 25.6. The molecule has 3 aromatic heterocycles. The number of ether oxygens (including phenoxy) is 1. The van der Waals surface area contributed by atoms with Crippen LogP contribution in [0.1, 0.15) is 79.0 Å². The average Bonchev–Trinajstić information content (AvgIpc) is 4.05. The van der Waals surface area contributed by atoms with E-state index in [0.29, 0.717) is 11.6 Å². The Labute approximate surface area is 446 Å². The van der Waals surface area contributed by atoms with Crippen LogP contribution in [-0.4, -0.2) is 25.6 Å². The predicted octanol–water partition coefficient (Wildman–Crippen LogP) is 16.0. The van der Waals surface area contributed by atoms with Gasteiger partial charge in [-0.1, -0.05) is 48.5 Å². The molecule has 11 aromatic rings. The molecule has 0 fully saturated rings. The van der Waals surface area contributed by atoms with Gasteiger partial charge in [0.1, 0.15) is 0 Å². The number of imidazole rings is 1. The van der Waals surface area contributed by atoms with Crippen LogP contribution in [-0.2, 0) is 35.6 Å². The molecule has 74 heavy (non-hydrogen) atoms. The van der Waals surface area contributed by atoms with Crippen molar-refractivity contribution >= 4 is 56.8 Å². The van der Waals surface area contributed by atoms with Crippen molar-refractivity contribution in [2.45, 2.75) is 78.6 Å². The number of rotatable bonds is 8. The standard InChI is InChI=1S/C66H58BN5O.Pt/c1-64(2,3)46-37-45(38-47(39-46)65(4,5)6)55-41-48(66(7,8)9)40-54(44-23-12-10-13-24-44)62(55)70-43-69(57-32-18-19-33-58(57)70)50-27-20-28-51(42-50)73-61-36-22-35-60(68-61)71-59-34-21-30-53-52-29-16-17-31-56(52)72(63(53)59)67(71)49-25-14-11-15-26-49;/h10-33,35-41H,1-9H3;/q-2;. The molecule has 0 N–H and O–H groups in total. The summed E-state index contributed by atoms with van der Waals surface area (Å²) in [6.07, 6.45) is 0. The first-order chi connectivity index (χ1) is 35.5. The number of nitrogens with zero attached hydrogens (tertiary/aromatic N) is 5. The van der Waals surface area contributed by atoms with E-state index in [2.05, 4.69) is 270 Å². The fourth-order valence-electron chi connectivity index (χ4n) is 10.7. The Morgan fingerprint density at radius 1 is 0.527 bits per heavy atom. The number of benzene rings is 8. The van der Waals surface area contributed by atoms with E-state index in [9.17, 15) is 0 Å². The minimum atomic E-state index is -0.184. The number of pyridine rings is 1. The molecule has 1 aliphatic heterocycles. The second-order valence-electron chi connectivity index (χ2n) is 22.7. The molecule has 0 amide bonds. The summed E-state index contributed by atoms with van der Waals surface area (Å²) in [7, 11) is 0. The topological polar surface area (TPSA) is 40.1 Å². The van der Waals surface area contributed by atoms with Crippen molar-refractivity contribution in [3.8, 4) is 45.3 Å². The molecule has 0 spiro atoms. The van der Waals surface area contributed by atoms with Gasteiger partial charge in [-0.15, -0.1) is 5.39 Å². The van der Waals surface area contributed by atoms with Crippen LogP contribution >= 0.6 is 0 Å². The summed E-state index contributed by atoms with van der Waals surface area (Å²) < 4.78 is 15.0. The predicted molar refractivity (Wildman–Crippen MR) is 304 cm³/mol. The van der Waals surface area contributed by atoms with Gasteiger partial charge in [-0.05, 0) is 11.5 Å². The molecule has 1 aliphatic rings. The Morgan fingerprint density at radius 2 is 1.11 bits per heavy atom. The van der Waals surface area contributed by atoms with Crippen LogP contribution in [0, 0.1) is 15.9 Å². The SMILES string of the molecule is CC(C)(C)c1cc(-c2cc(C(C)(C)C)cc(-c3ccccc3)c2-n2[c](=[Pt])n(-c3[c-]c(Oc4cccc(N5B(c6ccccc6)n6c7ccccc7c7cc[c-]c5c76)n4)ccc3)c3ccccc32)cc(C(C)(C)C)c1. The molecule has 12 rings (SSSR count). The van der Waals surface area contributed by atoms with Crippen LogP contribution in [0.25, 0.3) is 66.5 Å². The number of hydrogen-bond donors (Lipinski definition) is 0. The van der Waals surface area contributed by atoms with Crippen LogP contribution in [0.15, 0.2) is 188 Å². The molecule has 0 saturated carbocycles. The van der Waals surface area contributed by atoms with Crippen molar-refractivity contribution in [3.63, 3.8) is 0 Å². The summed E-state index contributed by atoms with van der Waals surface area (Å²) in [4.78, 5) is 7.54. The van der Waals surface area contributed by atoms with E-state index in [1.807, 2.05) is 30.3 Å². The molecule has 0 aliphatic carbocycles. The Kier molecular flexibility index (Phi) is 11.5. The molecule has 8 heteroatoms. The Bertz CT molecular complexity index is 4000. The van der Waals surface area contributed by atoms with Crippen LogP contribution in [0.2, 0.25) is 0 Å². The fourth-order valence-corrected chi connectivity index (χ4v) is 11.8. The number of hydrogen-bond acceptors (Lipinski definition) is 3. The van der Waals surface area contributed by atoms with Crippen LogP contribution < -0.4 is 15.0 Å². The van der Waals surface area contributed by atoms with Gasteiger partial charge in [0.15, 0.2) is 0 Å². The van der Waals surface area contributed by atoms with Crippen molar-refractivity contribution in [2.24, 2.45) is 0 Å². The van der Waals surface area contributed by atoms with E-state index < -0.39 is 0 Å². The van der Waals surface area contributed by atoms with Gasteiger partial charge in [0, 0.05) is 5.52 Å². The quantitative estimate of drug-likeness (QED) is 0.112. The summed E-state index contributed by atoms with van der Waals surface area (Å²) in [6.45, 7) is 20.7. The van der Waals surface area contributed by atoms with Gasteiger partial charge in [-0.3, -0.25) is 0 Å². The van der Waals surface area contributed by atoms with E-state index in [1.165, 1.54) is 49.7 Å². The van der Waals surface area contributed by atoms with Gasteiger partial charge in [-0.2, -0.15) is 12.1 Å². The fraction of sp³-hybridized carbons (Fsp3) is 0.182. The summed E-state index contributed by atoms with van der Waals surface area (Å²) in [6, 6.07) is 74.8. The molecule has 0 radical (unpaired) electrons. The van der Waals surface area contributed by atoms with Crippen molar-refractivity contribution in [1.29, 1.82) is 0 Å². The molecule has 8 aromatic carbocycles. The van der Waals surface area contributed by atoms with Crippen molar-refractivity contribution < 1.29 is 24.1 Å². The molecule has 0 atom stereocenters. The van der Waals surface area contributed by atoms with Gasteiger partial charge in [0.05, 0.1) is 0 Å². The number of fused-ring (bicyclic) bond motifs is 4. The first-order valence-corrected chi connectivity index (χ1v) is 26.7. The molecule has 0 unspecified atom stereocenters. The third kappa shape index (κ3) is 8.17. The van der Waals surface area contributed by atoms with Crippen molar-refractivity contribution in [2.75, 3.05) is 4.81 Å². The maximum absolute atomic E-state index is 6.77. The molecule has 0 saturated heterocycles. The minimum absolute atomic E-state index is 0.0640. The Morgan fingerprint density at radius 3 is 1.78 bits per heavy atom. The van der Waals surface area contributed by atoms with E-state index >= 15 is 0 Å². The summed E-state index contributed by atoms with van der Waals surface area (Å²) >= 11 is 2.53. The second kappa shape index (κ2) is 17.9. The van der Waals surface area contributed by atoms with Gasteiger partial charge in [0.25, 0.3) is 0 Å². The normalized spacial score (nSPS) is 13.0. The van der Waals surface area contributed by atoms with Crippen molar-refractivity contribution in [3.05, 3.63) is 221 Å². The Balaban J connectivity index is 1.00. The van der Waals surface area contributed by atoms with Crippen LogP contribution in [0.4, 0.5) is 11.5 Å². The van der Waals surface area contributed by atoms with Gasteiger partial charge < -0.3 is 0 Å². The third-order valence-corrected chi connectivity index (χ3v) is 15.6. The zero-order chi connectivity index (χ0) is 51.3. The summed E-state index contributed by atoms with van der Waals surface area (Å²) in [5, 5.41) is 2.43. The number of para-hydroxylation sites is 3. The van der Waals surface area contributed by atoms with Crippen molar-refractivity contribution in [1.82, 2.24) is 18.6 Å². The van der Waals surface area contributed by atoms with Gasteiger partial charge in [0.2, 0.25) is 0 Å². The molecule has 6 nitrogen and oxygen atoms in total. The number of anilines is 2. The zero-order valence-electron chi connectivity index (χ0n) is 43.4. The van der Waals surface area contributed by atoms with E-state index in [4.69, 9.17) is 9.72 Å². The summed E-state index contributed by atoms with van der Waals surface area (Å²) in [5.41, 5.74) is 17.0. The molecule has 4 heterocycles. The van der Waals surface area contributed by atoms with Gasteiger partial charge in [-0.25, -0.2) is 0 Å². The number of aromatic nitrogens is 4. The Hall–Kier alpha value is -7.47. The maximum atomic E-state index is 6.77.